The van der Waals surface area contributed by atoms with Gasteiger partial charge in [0.05, 0.1) is 10.5 Å². The van der Waals surface area contributed by atoms with Crippen LogP contribution >= 0.6 is 10.7 Å². The number of hydrogen-bond donors (Lipinski definition) is 1. The Morgan fingerprint density at radius 2 is 1.94 bits per heavy atom. The normalized spacial score (nSPS) is 14.1. The molecule has 0 aliphatic carbocycles. The van der Waals surface area contributed by atoms with Crippen LogP contribution in [0.15, 0.2) is 35.2 Å². The van der Waals surface area contributed by atoms with Gasteiger partial charge in [0, 0.05) is 21.8 Å². The number of carbonyl (C=O) groups excluding carboxylic acids is 1. The molecular weight excluding hydrogens is 262 g/mol. The molecule has 1 amide bonds. The van der Waals surface area contributed by atoms with Crippen LogP contribution in [-0.4, -0.2) is 14.3 Å². The van der Waals surface area contributed by atoms with Gasteiger partial charge in [-0.2, -0.15) is 0 Å². The van der Waals surface area contributed by atoms with Crippen molar-refractivity contribution in [2.24, 2.45) is 0 Å². The first-order valence-electron chi connectivity index (χ1n) is 4.79. The topological polar surface area (TPSA) is 63.2 Å². The Labute approximate surface area is 102 Å². The third-order valence-corrected chi connectivity index (χ3v) is 4.06. The summed E-state index contributed by atoms with van der Waals surface area (Å²) in [5.41, 5.74) is 1.04. The van der Waals surface area contributed by atoms with Crippen LogP contribution in [0.2, 0.25) is 0 Å². The lowest BCUT2D eigenvalue weighted by atomic mass is 10.1. The molecule has 2 aromatic rings. The maximum Gasteiger partial charge on any atom is 0.261 e. The molecule has 0 aromatic heterocycles. The zero-order valence-corrected chi connectivity index (χ0v) is 9.97. The Bertz CT molecular complexity index is 768. The molecule has 4 nitrogen and oxygen atoms in total. The molecule has 0 fully saturated rings. The van der Waals surface area contributed by atoms with E-state index in [0.717, 1.165) is 5.39 Å². The van der Waals surface area contributed by atoms with Crippen LogP contribution in [0.4, 0.5) is 5.69 Å². The van der Waals surface area contributed by atoms with Crippen molar-refractivity contribution >= 4 is 42.1 Å². The molecule has 17 heavy (non-hydrogen) atoms. The average Bonchev–Trinajstić information content (AvgIpc) is 2.56. The third kappa shape index (κ3) is 1.50. The van der Waals surface area contributed by atoms with Crippen molar-refractivity contribution in [3.63, 3.8) is 0 Å². The highest BCUT2D eigenvalue weighted by Crippen LogP contribution is 2.35. The van der Waals surface area contributed by atoms with Gasteiger partial charge in [0.1, 0.15) is 0 Å². The van der Waals surface area contributed by atoms with E-state index in [1.54, 1.807) is 18.2 Å². The second-order valence-electron chi connectivity index (χ2n) is 3.77. The minimum absolute atomic E-state index is 0.0594. The standard InChI is InChI=1S/C11H6ClNO3S/c12-17(15,16)7-4-6-2-1-3-9-10(6)8(5-7)11(14)13-9/h1-5H,(H,13,14). The van der Waals surface area contributed by atoms with E-state index < -0.39 is 9.05 Å². The molecule has 3 rings (SSSR count). The predicted octanol–water partition coefficient (Wildman–Crippen LogP) is 2.33. The van der Waals surface area contributed by atoms with E-state index in [9.17, 15) is 13.2 Å². The second kappa shape index (κ2) is 3.21. The number of rotatable bonds is 1. The van der Waals surface area contributed by atoms with Crippen LogP contribution in [0.5, 0.6) is 0 Å². The molecule has 0 spiro atoms. The molecule has 1 aliphatic rings. The second-order valence-corrected chi connectivity index (χ2v) is 6.33. The monoisotopic (exact) mass is 267 g/mol. The number of anilines is 1. The van der Waals surface area contributed by atoms with Crippen molar-refractivity contribution < 1.29 is 13.2 Å². The maximum absolute atomic E-state index is 11.7. The summed E-state index contributed by atoms with van der Waals surface area (Å²) in [5.74, 6) is -0.307. The summed E-state index contributed by atoms with van der Waals surface area (Å²) in [6.45, 7) is 0. The number of amides is 1. The van der Waals surface area contributed by atoms with Gasteiger partial charge < -0.3 is 5.32 Å². The number of benzene rings is 2. The molecular formula is C11H6ClNO3S. The van der Waals surface area contributed by atoms with Crippen molar-refractivity contribution in [2.45, 2.75) is 4.90 Å². The van der Waals surface area contributed by atoms with E-state index in [4.69, 9.17) is 10.7 Å². The van der Waals surface area contributed by atoms with E-state index in [-0.39, 0.29) is 10.8 Å². The summed E-state index contributed by atoms with van der Waals surface area (Å²) in [7, 11) is 1.46. The number of carbonyl (C=O) groups is 1. The molecule has 1 N–H and O–H groups in total. The van der Waals surface area contributed by atoms with E-state index >= 15 is 0 Å². The third-order valence-electron chi connectivity index (χ3n) is 2.72. The quantitative estimate of drug-likeness (QED) is 0.807. The van der Waals surface area contributed by atoms with Crippen molar-refractivity contribution in [1.82, 2.24) is 0 Å². The van der Waals surface area contributed by atoms with Gasteiger partial charge in [-0.05, 0) is 23.6 Å². The van der Waals surface area contributed by atoms with Gasteiger partial charge >= 0.3 is 0 Å². The minimum Gasteiger partial charge on any atom is -0.321 e. The number of hydrogen-bond acceptors (Lipinski definition) is 3. The Morgan fingerprint density at radius 3 is 2.65 bits per heavy atom. The Balaban J connectivity index is 2.48. The maximum atomic E-state index is 11.7. The van der Waals surface area contributed by atoms with Gasteiger partial charge in [-0.1, -0.05) is 12.1 Å². The first-order chi connectivity index (χ1) is 7.97. The molecule has 0 bridgehead atoms. The SMILES string of the molecule is O=C1Nc2cccc3cc(S(=O)(=O)Cl)cc1c23. The molecule has 1 aliphatic heterocycles. The highest BCUT2D eigenvalue weighted by Gasteiger charge is 2.24. The van der Waals surface area contributed by atoms with E-state index in [1.807, 2.05) is 0 Å². The van der Waals surface area contributed by atoms with Gasteiger partial charge in [0.2, 0.25) is 0 Å². The first kappa shape index (κ1) is 10.6. The fourth-order valence-electron chi connectivity index (χ4n) is 2.01. The lowest BCUT2D eigenvalue weighted by Crippen LogP contribution is -2.04. The smallest absolute Gasteiger partial charge is 0.261 e. The van der Waals surface area contributed by atoms with E-state index in [0.29, 0.717) is 16.6 Å². The minimum atomic E-state index is -3.83. The molecule has 0 saturated carbocycles. The van der Waals surface area contributed by atoms with E-state index in [1.165, 1.54) is 12.1 Å². The number of halogens is 1. The van der Waals surface area contributed by atoms with Crippen molar-refractivity contribution in [1.29, 1.82) is 0 Å². The van der Waals surface area contributed by atoms with Crippen LogP contribution in [0.1, 0.15) is 10.4 Å². The van der Waals surface area contributed by atoms with Crippen LogP contribution < -0.4 is 5.32 Å². The van der Waals surface area contributed by atoms with Gasteiger partial charge in [0.15, 0.2) is 0 Å². The molecule has 0 saturated heterocycles. The molecule has 2 aromatic carbocycles. The van der Waals surface area contributed by atoms with Crippen LogP contribution in [0, 0.1) is 0 Å². The largest absolute Gasteiger partial charge is 0.321 e. The van der Waals surface area contributed by atoms with Gasteiger partial charge in [-0.25, -0.2) is 8.42 Å². The van der Waals surface area contributed by atoms with Crippen LogP contribution in [0.25, 0.3) is 10.8 Å². The lowest BCUT2D eigenvalue weighted by Gasteiger charge is -2.02. The molecule has 1 heterocycles. The zero-order valence-electron chi connectivity index (χ0n) is 8.40. The van der Waals surface area contributed by atoms with Crippen LogP contribution in [0.3, 0.4) is 0 Å². The summed E-state index contributed by atoms with van der Waals surface area (Å²) in [6.07, 6.45) is 0. The number of nitrogens with one attached hydrogen (secondary N) is 1. The van der Waals surface area contributed by atoms with Gasteiger partial charge in [-0.3, -0.25) is 4.79 Å². The van der Waals surface area contributed by atoms with Gasteiger partial charge in [-0.15, -0.1) is 0 Å². The Hall–Kier alpha value is -1.59. The Morgan fingerprint density at radius 1 is 1.18 bits per heavy atom. The van der Waals surface area contributed by atoms with Gasteiger partial charge in [0.25, 0.3) is 15.0 Å². The van der Waals surface area contributed by atoms with Crippen molar-refractivity contribution in [3.05, 3.63) is 35.9 Å². The highest BCUT2D eigenvalue weighted by atomic mass is 35.7. The average molecular weight is 268 g/mol. The molecule has 0 radical (unpaired) electrons. The fourth-order valence-corrected chi connectivity index (χ4v) is 2.81. The zero-order chi connectivity index (χ0) is 12.2. The summed E-state index contributed by atoms with van der Waals surface area (Å²) in [4.78, 5) is 11.6. The molecule has 86 valence electrons. The van der Waals surface area contributed by atoms with Crippen LogP contribution in [-0.2, 0) is 9.05 Å². The van der Waals surface area contributed by atoms with Crippen molar-refractivity contribution in [2.75, 3.05) is 5.32 Å². The summed E-state index contributed by atoms with van der Waals surface area (Å²) in [5, 5.41) is 4.09. The van der Waals surface area contributed by atoms with E-state index in [2.05, 4.69) is 5.32 Å². The fraction of sp³-hybridized carbons (Fsp3) is 0. The summed E-state index contributed by atoms with van der Waals surface area (Å²) < 4.78 is 22.6. The molecule has 6 heteroatoms. The summed E-state index contributed by atoms with van der Waals surface area (Å²) in [6, 6.07) is 8.03. The highest BCUT2D eigenvalue weighted by molar-refractivity contribution is 8.13. The predicted molar refractivity (Wildman–Crippen MR) is 64.9 cm³/mol. The first-order valence-corrected chi connectivity index (χ1v) is 7.10. The van der Waals surface area contributed by atoms with Crippen molar-refractivity contribution in [3.8, 4) is 0 Å². The lowest BCUT2D eigenvalue weighted by molar-refractivity contribution is 0.103. The molecule has 0 atom stereocenters. The Kier molecular flexibility index (Phi) is 1.99. The molecule has 0 unspecified atom stereocenters. The summed E-state index contributed by atoms with van der Waals surface area (Å²) >= 11 is 0.